The molecule has 0 aliphatic carbocycles. The lowest BCUT2D eigenvalue weighted by molar-refractivity contribution is -0.111. The molecule has 0 radical (unpaired) electrons. The zero-order chi connectivity index (χ0) is 24.0. The van der Waals surface area contributed by atoms with Gasteiger partial charge in [-0.3, -0.25) is 4.79 Å². The van der Waals surface area contributed by atoms with E-state index in [1.54, 1.807) is 0 Å². The molecule has 3 aromatic rings. The van der Waals surface area contributed by atoms with E-state index >= 15 is 0 Å². The van der Waals surface area contributed by atoms with E-state index in [9.17, 15) is 4.79 Å². The monoisotopic (exact) mass is 467 g/mol. The van der Waals surface area contributed by atoms with Crippen molar-refractivity contribution >= 4 is 34.9 Å². The quantitative estimate of drug-likeness (QED) is 0.448. The van der Waals surface area contributed by atoms with Crippen LogP contribution >= 0.6 is 0 Å². The van der Waals surface area contributed by atoms with Crippen LogP contribution in [0.15, 0.2) is 84.4 Å². The van der Waals surface area contributed by atoms with Gasteiger partial charge in [0.25, 0.3) is 0 Å². The smallest absolute Gasteiger partial charge is 0.247 e. The minimum absolute atomic E-state index is 0.234. The van der Waals surface area contributed by atoms with Gasteiger partial charge in [-0.1, -0.05) is 36.9 Å². The number of fused-ring (bicyclic) bond motifs is 1. The normalized spacial score (nSPS) is 17.0. The van der Waals surface area contributed by atoms with Crippen molar-refractivity contribution in [2.75, 3.05) is 47.2 Å². The minimum Gasteiger partial charge on any atom is -0.380 e. The molecule has 0 bridgehead atoms. The van der Waals surface area contributed by atoms with Crippen LogP contribution < -0.4 is 20.9 Å². The van der Waals surface area contributed by atoms with Crippen LogP contribution in [-0.4, -0.2) is 44.7 Å². The van der Waals surface area contributed by atoms with Gasteiger partial charge in [0, 0.05) is 54.1 Å². The fourth-order valence-corrected chi connectivity index (χ4v) is 4.37. The first-order valence-corrected chi connectivity index (χ1v) is 11.9. The molecular weight excluding hydrogens is 438 g/mol. The highest BCUT2D eigenvalue weighted by atomic mass is 16.5. The summed E-state index contributed by atoms with van der Waals surface area (Å²) in [5, 5.41) is 9.83. The van der Waals surface area contributed by atoms with E-state index in [1.165, 1.54) is 11.8 Å². The van der Waals surface area contributed by atoms with E-state index < -0.39 is 0 Å². The van der Waals surface area contributed by atoms with E-state index in [1.807, 2.05) is 42.6 Å². The number of aliphatic imine (C=N–C) groups is 1. The Labute approximate surface area is 205 Å². The summed E-state index contributed by atoms with van der Waals surface area (Å²) in [6, 6.07) is 22.4. The third-order valence-corrected chi connectivity index (χ3v) is 6.13. The molecule has 5 rings (SSSR count). The summed E-state index contributed by atoms with van der Waals surface area (Å²) in [7, 11) is 0. The molecule has 7 heteroatoms. The second-order valence-corrected chi connectivity index (χ2v) is 8.51. The van der Waals surface area contributed by atoms with Crippen molar-refractivity contribution in [3.63, 3.8) is 0 Å². The third kappa shape index (κ3) is 5.36. The molecule has 3 aromatic carbocycles. The zero-order valence-corrected chi connectivity index (χ0v) is 19.5. The first-order valence-electron chi connectivity index (χ1n) is 11.9. The number of benzene rings is 3. The van der Waals surface area contributed by atoms with Crippen LogP contribution in [0.25, 0.3) is 11.1 Å². The Morgan fingerprint density at radius 1 is 1.06 bits per heavy atom. The number of para-hydroxylation sites is 1. The van der Waals surface area contributed by atoms with Gasteiger partial charge in [0.1, 0.15) is 0 Å². The molecule has 0 saturated carbocycles. The lowest BCUT2D eigenvalue weighted by Crippen LogP contribution is -2.30. The van der Waals surface area contributed by atoms with Gasteiger partial charge in [-0.15, -0.1) is 0 Å². The maximum absolute atomic E-state index is 11.7. The van der Waals surface area contributed by atoms with Crippen molar-refractivity contribution in [1.29, 1.82) is 0 Å². The maximum Gasteiger partial charge on any atom is 0.247 e. The number of nitrogens with one attached hydrogen (secondary N) is 3. The Morgan fingerprint density at radius 3 is 2.77 bits per heavy atom. The molecule has 3 N–H and O–H groups in total. The van der Waals surface area contributed by atoms with Crippen molar-refractivity contribution in [2.45, 2.75) is 12.7 Å². The second-order valence-electron chi connectivity index (χ2n) is 8.51. The molecular formula is C28H29N5O2. The van der Waals surface area contributed by atoms with Gasteiger partial charge < -0.3 is 25.6 Å². The number of anilines is 4. The van der Waals surface area contributed by atoms with E-state index in [0.29, 0.717) is 0 Å². The average molecular weight is 468 g/mol. The summed E-state index contributed by atoms with van der Waals surface area (Å²) in [6.07, 6.45) is 3.90. The van der Waals surface area contributed by atoms with Crippen molar-refractivity contribution < 1.29 is 9.53 Å². The fraction of sp³-hybridized carbons (Fsp3) is 0.214. The number of carbonyl (C=O) groups excluding carboxylic acids is 1. The maximum atomic E-state index is 11.7. The minimum atomic E-state index is -0.301. The van der Waals surface area contributed by atoms with E-state index in [0.717, 1.165) is 66.5 Å². The van der Waals surface area contributed by atoms with Gasteiger partial charge in [0.15, 0.2) is 6.29 Å². The molecule has 0 aromatic heterocycles. The molecule has 1 saturated heterocycles. The zero-order valence-electron chi connectivity index (χ0n) is 19.5. The van der Waals surface area contributed by atoms with Crippen molar-refractivity contribution in [1.82, 2.24) is 0 Å². The Balaban J connectivity index is 1.32. The van der Waals surface area contributed by atoms with Crippen LogP contribution in [-0.2, 0) is 9.53 Å². The summed E-state index contributed by atoms with van der Waals surface area (Å²) in [6.45, 7) is 7.05. The van der Waals surface area contributed by atoms with E-state index in [4.69, 9.17) is 4.74 Å². The summed E-state index contributed by atoms with van der Waals surface area (Å²) in [4.78, 5) is 18.7. The van der Waals surface area contributed by atoms with E-state index in [2.05, 4.69) is 62.8 Å². The van der Waals surface area contributed by atoms with Crippen LogP contribution in [0.1, 0.15) is 12.0 Å². The summed E-state index contributed by atoms with van der Waals surface area (Å²) >= 11 is 0. The van der Waals surface area contributed by atoms with Crippen molar-refractivity contribution in [3.8, 4) is 11.1 Å². The van der Waals surface area contributed by atoms with Crippen LogP contribution in [0.5, 0.6) is 0 Å². The number of nitrogens with zero attached hydrogens (tertiary/aromatic N) is 2. The second kappa shape index (κ2) is 10.4. The van der Waals surface area contributed by atoms with Crippen molar-refractivity contribution in [3.05, 3.63) is 84.9 Å². The molecule has 7 nitrogen and oxygen atoms in total. The molecule has 0 spiro atoms. The largest absolute Gasteiger partial charge is 0.380 e. The van der Waals surface area contributed by atoms with Gasteiger partial charge in [-0.2, -0.15) is 0 Å². The lowest BCUT2D eigenvalue weighted by atomic mass is 9.99. The summed E-state index contributed by atoms with van der Waals surface area (Å²) in [5.41, 5.74) is 6.96. The highest BCUT2D eigenvalue weighted by Crippen LogP contribution is 2.34. The molecule has 1 atom stereocenters. The standard InChI is InChI=1S/C28H29N5O2/c1-2-26(34)30-23-8-3-6-20(18-23)25-9-4-7-21-19-29-28(32-27(21)25)31-22-10-12-24(13-11-22)33-14-5-16-35-17-15-33/h2-4,6-13,18-19,28,31-32H,1,5,14-17H2,(H,30,34). The molecule has 178 valence electrons. The Hall–Kier alpha value is -4.10. The van der Waals surface area contributed by atoms with Crippen LogP contribution in [0, 0.1) is 0 Å². The lowest BCUT2D eigenvalue weighted by Gasteiger charge is -2.26. The Kier molecular flexibility index (Phi) is 6.77. The van der Waals surface area contributed by atoms with Gasteiger partial charge in [0.05, 0.1) is 12.3 Å². The number of hydrogen-bond acceptors (Lipinski definition) is 6. The predicted molar refractivity (Wildman–Crippen MR) is 143 cm³/mol. The number of ether oxygens (including phenoxy) is 1. The van der Waals surface area contributed by atoms with Gasteiger partial charge in [-0.05, 0) is 54.5 Å². The highest BCUT2D eigenvalue weighted by Gasteiger charge is 2.18. The van der Waals surface area contributed by atoms with Crippen LogP contribution in [0.2, 0.25) is 0 Å². The molecule has 1 amide bonds. The third-order valence-electron chi connectivity index (χ3n) is 6.13. The fourth-order valence-electron chi connectivity index (χ4n) is 4.37. The van der Waals surface area contributed by atoms with Crippen LogP contribution in [0.4, 0.5) is 22.7 Å². The molecule has 2 aliphatic heterocycles. The highest BCUT2D eigenvalue weighted by molar-refractivity contribution is 6.00. The van der Waals surface area contributed by atoms with Crippen molar-refractivity contribution in [2.24, 2.45) is 4.99 Å². The average Bonchev–Trinajstić information content (AvgIpc) is 3.19. The molecule has 35 heavy (non-hydrogen) atoms. The molecule has 2 aliphatic rings. The number of amides is 1. The topological polar surface area (TPSA) is 78.0 Å². The predicted octanol–water partition coefficient (Wildman–Crippen LogP) is 4.94. The van der Waals surface area contributed by atoms with Gasteiger partial charge >= 0.3 is 0 Å². The molecule has 1 fully saturated rings. The molecule has 2 heterocycles. The SMILES string of the molecule is C=CC(=O)Nc1cccc(-c2cccc3c2NC(Nc2ccc(N4CCCOCC4)cc2)N=C3)c1. The summed E-state index contributed by atoms with van der Waals surface area (Å²) in [5.74, 6) is -0.234. The van der Waals surface area contributed by atoms with Crippen LogP contribution in [0.3, 0.4) is 0 Å². The number of hydrogen-bond donors (Lipinski definition) is 3. The van der Waals surface area contributed by atoms with E-state index in [-0.39, 0.29) is 12.2 Å². The number of rotatable bonds is 6. The van der Waals surface area contributed by atoms with Gasteiger partial charge in [-0.25, -0.2) is 4.99 Å². The first-order chi connectivity index (χ1) is 17.2. The Morgan fingerprint density at radius 2 is 1.91 bits per heavy atom. The Bertz CT molecular complexity index is 1230. The summed E-state index contributed by atoms with van der Waals surface area (Å²) < 4.78 is 5.57. The first kappa shape index (κ1) is 22.7. The molecule has 1 unspecified atom stereocenters. The number of carbonyl (C=O) groups is 1. The van der Waals surface area contributed by atoms with Gasteiger partial charge in [0.2, 0.25) is 5.91 Å².